The molecular formula is C16H18Cl4N4O2. The predicted molar refractivity (Wildman–Crippen MR) is 108 cm³/mol. The fourth-order valence-corrected chi connectivity index (χ4v) is 3.18. The van der Waals surface area contributed by atoms with E-state index in [2.05, 4.69) is 9.97 Å². The summed E-state index contributed by atoms with van der Waals surface area (Å²) < 4.78 is 0. The Bertz CT molecular complexity index is 815. The number of amides is 1. The smallest absolute Gasteiger partial charge is 0.264 e. The van der Waals surface area contributed by atoms with Crippen molar-refractivity contribution in [2.75, 3.05) is 13.1 Å². The number of benzene rings is 1. The highest BCUT2D eigenvalue weighted by molar-refractivity contribution is 6.35. The topological polar surface area (TPSA) is 92.1 Å². The number of likely N-dealkylation sites (tertiary alicyclic amines) is 1. The molecule has 26 heavy (non-hydrogen) atoms. The van der Waals surface area contributed by atoms with Gasteiger partial charge in [-0.2, -0.15) is 0 Å². The molecule has 1 amide bonds. The standard InChI is InChI=1S/C16H16Cl2N4O2.2ClH/c17-10-5-9(6-11(18)7-10)14-20-8-13(15(23)21-14)16(24)22-3-1-12(19)2-4-22;;/h5-8,12H,1-4,19H2,(H,20,21,23);2*1H. The van der Waals surface area contributed by atoms with E-state index in [1.165, 1.54) is 6.20 Å². The van der Waals surface area contributed by atoms with E-state index in [4.69, 9.17) is 28.9 Å². The van der Waals surface area contributed by atoms with Crippen LogP contribution in [0.15, 0.2) is 29.2 Å². The summed E-state index contributed by atoms with van der Waals surface area (Å²) in [4.78, 5) is 33.2. The molecule has 142 valence electrons. The van der Waals surface area contributed by atoms with Crippen molar-refractivity contribution in [1.82, 2.24) is 14.9 Å². The zero-order chi connectivity index (χ0) is 17.3. The van der Waals surface area contributed by atoms with Crippen LogP contribution in [0, 0.1) is 0 Å². The maximum absolute atomic E-state index is 12.5. The molecule has 0 unspecified atom stereocenters. The summed E-state index contributed by atoms with van der Waals surface area (Å²) >= 11 is 11.9. The lowest BCUT2D eigenvalue weighted by Crippen LogP contribution is -2.44. The molecule has 1 aromatic carbocycles. The van der Waals surface area contributed by atoms with Gasteiger partial charge in [0.25, 0.3) is 11.5 Å². The van der Waals surface area contributed by atoms with Crippen LogP contribution in [-0.2, 0) is 0 Å². The second kappa shape index (κ2) is 9.58. The summed E-state index contributed by atoms with van der Waals surface area (Å²) in [6.07, 6.45) is 2.76. The quantitative estimate of drug-likeness (QED) is 0.751. The number of nitrogens with one attached hydrogen (secondary N) is 1. The number of aromatic nitrogens is 2. The maximum Gasteiger partial charge on any atom is 0.264 e. The first-order valence-electron chi connectivity index (χ1n) is 7.54. The van der Waals surface area contributed by atoms with Gasteiger partial charge in [0.2, 0.25) is 0 Å². The number of nitrogens with zero attached hydrogens (tertiary/aromatic N) is 2. The molecule has 0 aliphatic carbocycles. The molecule has 0 atom stereocenters. The van der Waals surface area contributed by atoms with Crippen LogP contribution in [0.3, 0.4) is 0 Å². The minimum Gasteiger partial charge on any atom is -0.338 e. The van der Waals surface area contributed by atoms with E-state index in [9.17, 15) is 9.59 Å². The third kappa shape index (κ3) is 5.11. The Labute approximate surface area is 172 Å². The number of halogens is 4. The lowest BCUT2D eigenvalue weighted by molar-refractivity contribution is 0.0712. The number of rotatable bonds is 2. The molecule has 6 nitrogen and oxygen atoms in total. The van der Waals surface area contributed by atoms with Crippen LogP contribution in [0.4, 0.5) is 0 Å². The summed E-state index contributed by atoms with van der Waals surface area (Å²) in [5.41, 5.74) is 5.94. The number of piperidine rings is 1. The first-order valence-corrected chi connectivity index (χ1v) is 8.30. The molecule has 1 fully saturated rings. The molecule has 1 saturated heterocycles. The molecule has 3 rings (SSSR count). The van der Waals surface area contributed by atoms with Crippen LogP contribution in [-0.4, -0.2) is 39.9 Å². The van der Waals surface area contributed by atoms with Crippen LogP contribution in [0.25, 0.3) is 11.4 Å². The Morgan fingerprint density at radius 3 is 2.27 bits per heavy atom. The van der Waals surface area contributed by atoms with Crippen LogP contribution < -0.4 is 11.3 Å². The van der Waals surface area contributed by atoms with E-state index < -0.39 is 5.56 Å². The fraction of sp³-hybridized carbons (Fsp3) is 0.312. The van der Waals surface area contributed by atoms with Gasteiger partial charge in [-0.3, -0.25) is 9.59 Å². The van der Waals surface area contributed by atoms with Gasteiger partial charge in [-0.15, -0.1) is 24.8 Å². The van der Waals surface area contributed by atoms with E-state index in [1.807, 2.05) is 0 Å². The highest BCUT2D eigenvalue weighted by Gasteiger charge is 2.24. The monoisotopic (exact) mass is 438 g/mol. The lowest BCUT2D eigenvalue weighted by Gasteiger charge is -2.29. The Balaban J connectivity index is 0.00000169. The van der Waals surface area contributed by atoms with Crippen molar-refractivity contribution in [3.63, 3.8) is 0 Å². The van der Waals surface area contributed by atoms with Crippen LogP contribution in [0.2, 0.25) is 10.0 Å². The molecule has 1 aromatic heterocycles. The molecule has 0 saturated carbocycles. The van der Waals surface area contributed by atoms with E-state index in [0.29, 0.717) is 34.5 Å². The van der Waals surface area contributed by atoms with Gasteiger partial charge in [0.15, 0.2) is 0 Å². The van der Waals surface area contributed by atoms with Crippen molar-refractivity contribution in [1.29, 1.82) is 0 Å². The van der Waals surface area contributed by atoms with Gasteiger partial charge in [0.05, 0.1) is 0 Å². The normalized spacial score (nSPS) is 14.3. The first-order chi connectivity index (χ1) is 11.4. The van der Waals surface area contributed by atoms with Gasteiger partial charge < -0.3 is 15.6 Å². The van der Waals surface area contributed by atoms with Crippen molar-refractivity contribution in [3.8, 4) is 11.4 Å². The molecule has 10 heteroatoms. The van der Waals surface area contributed by atoms with Gasteiger partial charge in [0, 0.05) is 40.9 Å². The molecule has 2 heterocycles. The van der Waals surface area contributed by atoms with E-state index in [1.54, 1.807) is 23.1 Å². The SMILES string of the molecule is Cl.Cl.NC1CCN(C(=O)c2cnc(-c3cc(Cl)cc(Cl)c3)[nH]c2=O)CC1. The summed E-state index contributed by atoms with van der Waals surface area (Å²) in [5, 5.41) is 0.870. The minimum absolute atomic E-state index is 0. The number of aromatic amines is 1. The number of carbonyl (C=O) groups excluding carboxylic acids is 1. The number of nitrogens with two attached hydrogens (primary N) is 1. The van der Waals surface area contributed by atoms with Crippen molar-refractivity contribution in [3.05, 3.63) is 50.4 Å². The Morgan fingerprint density at radius 1 is 1.15 bits per heavy atom. The van der Waals surface area contributed by atoms with Crippen molar-refractivity contribution >= 4 is 53.9 Å². The van der Waals surface area contributed by atoms with Crippen molar-refractivity contribution in [2.24, 2.45) is 5.73 Å². The molecule has 1 aliphatic rings. The van der Waals surface area contributed by atoms with Gasteiger partial charge in [-0.1, -0.05) is 23.2 Å². The zero-order valence-corrected chi connectivity index (χ0v) is 16.7. The van der Waals surface area contributed by atoms with Crippen molar-refractivity contribution in [2.45, 2.75) is 18.9 Å². The molecule has 0 spiro atoms. The molecule has 2 aromatic rings. The van der Waals surface area contributed by atoms with Gasteiger partial charge >= 0.3 is 0 Å². The largest absolute Gasteiger partial charge is 0.338 e. The summed E-state index contributed by atoms with van der Waals surface area (Å²) in [7, 11) is 0. The maximum atomic E-state index is 12.5. The van der Waals surface area contributed by atoms with Gasteiger partial charge in [0.1, 0.15) is 11.4 Å². The zero-order valence-electron chi connectivity index (χ0n) is 13.6. The average molecular weight is 440 g/mol. The number of hydrogen-bond donors (Lipinski definition) is 2. The first kappa shape index (κ1) is 22.7. The highest BCUT2D eigenvalue weighted by atomic mass is 35.5. The lowest BCUT2D eigenvalue weighted by atomic mass is 10.1. The highest BCUT2D eigenvalue weighted by Crippen LogP contribution is 2.24. The predicted octanol–water partition coefficient (Wildman–Crippen LogP) is 3.15. The van der Waals surface area contributed by atoms with Gasteiger partial charge in [-0.05, 0) is 31.0 Å². The van der Waals surface area contributed by atoms with Crippen LogP contribution >= 0.6 is 48.0 Å². The Hall–Kier alpha value is -1.31. The number of carbonyl (C=O) groups is 1. The molecule has 1 aliphatic heterocycles. The van der Waals surface area contributed by atoms with E-state index >= 15 is 0 Å². The van der Waals surface area contributed by atoms with Crippen LogP contribution in [0.1, 0.15) is 23.2 Å². The Morgan fingerprint density at radius 2 is 1.73 bits per heavy atom. The summed E-state index contributed by atoms with van der Waals surface area (Å²) in [6, 6.07) is 4.97. The second-order valence-corrected chi connectivity index (χ2v) is 6.64. The fourth-order valence-electron chi connectivity index (χ4n) is 2.66. The summed E-state index contributed by atoms with van der Waals surface area (Å²) in [5.74, 6) is -0.0204. The second-order valence-electron chi connectivity index (χ2n) is 5.76. The molecule has 0 bridgehead atoms. The minimum atomic E-state index is -0.490. The van der Waals surface area contributed by atoms with Crippen LogP contribution in [0.5, 0.6) is 0 Å². The van der Waals surface area contributed by atoms with Gasteiger partial charge in [-0.25, -0.2) is 4.98 Å². The average Bonchev–Trinajstić information content (AvgIpc) is 2.54. The molecular weight excluding hydrogens is 422 g/mol. The third-order valence-corrected chi connectivity index (χ3v) is 4.43. The van der Waals surface area contributed by atoms with Crippen molar-refractivity contribution < 1.29 is 4.79 Å². The summed E-state index contributed by atoms with van der Waals surface area (Å²) in [6.45, 7) is 1.09. The third-order valence-electron chi connectivity index (χ3n) is 3.99. The number of H-pyrrole nitrogens is 1. The number of hydrogen-bond acceptors (Lipinski definition) is 4. The molecule has 3 N–H and O–H groups in total. The van der Waals surface area contributed by atoms with E-state index in [0.717, 1.165) is 12.8 Å². The van der Waals surface area contributed by atoms with E-state index in [-0.39, 0.29) is 42.3 Å². The molecule has 0 radical (unpaired) electrons. The Kier molecular flexibility index (Phi) is 8.37.